The molecular weight excluding hydrogens is 246 g/mol. The van der Waals surface area contributed by atoms with Crippen molar-refractivity contribution in [1.29, 1.82) is 0 Å². The zero-order chi connectivity index (χ0) is 10.7. The number of amides is 1. The lowest BCUT2D eigenvalue weighted by Crippen LogP contribution is -3.00. The number of carbonyl (C=O) groups is 1. The molecule has 0 aromatic carbocycles. The van der Waals surface area contributed by atoms with Gasteiger partial charge in [-0.05, 0) is 18.5 Å². The summed E-state index contributed by atoms with van der Waals surface area (Å²) in [5.41, 5.74) is 2.92. The lowest BCUT2D eigenvalue weighted by atomic mass is 10.4. The Bertz CT molecular complexity index is 323. The Morgan fingerprint density at radius 2 is 2.06 bits per heavy atom. The molecule has 1 aromatic rings. The van der Waals surface area contributed by atoms with Crippen LogP contribution in [0.1, 0.15) is 9.67 Å². The molecule has 16 heavy (non-hydrogen) atoms. The maximum Gasteiger partial charge on any atom is 0.275 e. The summed E-state index contributed by atoms with van der Waals surface area (Å²) in [6, 6.07) is 3.74. The van der Waals surface area contributed by atoms with Crippen molar-refractivity contribution in [2.45, 2.75) is 0 Å². The van der Waals surface area contributed by atoms with Crippen LogP contribution in [0.15, 0.2) is 17.5 Å². The fourth-order valence-corrected chi connectivity index (χ4v) is 2.14. The summed E-state index contributed by atoms with van der Waals surface area (Å²) in [4.78, 5) is 14.7. The lowest BCUT2D eigenvalue weighted by Gasteiger charge is -2.32. The molecule has 2 rings (SSSR count). The molecule has 1 N–H and O–H groups in total. The van der Waals surface area contributed by atoms with Gasteiger partial charge in [0.2, 0.25) is 0 Å². The normalized spacial score (nSPS) is 17.8. The number of nitrogens with zero attached hydrogens (tertiary/aromatic N) is 2. The Balaban J connectivity index is 0.00000128. The van der Waals surface area contributed by atoms with Crippen LogP contribution < -0.4 is 17.8 Å². The molecule has 1 aromatic heterocycles. The SMILES string of the molecule is CN1CCN(NC(=O)c2cccs2)CC1.[Cl-]. The van der Waals surface area contributed by atoms with Crippen molar-refractivity contribution >= 4 is 17.2 Å². The molecule has 1 aliphatic rings. The number of hydrazine groups is 1. The van der Waals surface area contributed by atoms with Crippen LogP contribution in [0.5, 0.6) is 0 Å². The first-order valence-electron chi connectivity index (χ1n) is 5.04. The molecular formula is C10H15ClN3OS-. The van der Waals surface area contributed by atoms with Crippen molar-refractivity contribution in [2.75, 3.05) is 33.2 Å². The van der Waals surface area contributed by atoms with E-state index in [9.17, 15) is 4.79 Å². The predicted molar refractivity (Wildman–Crippen MR) is 60.9 cm³/mol. The molecule has 1 saturated heterocycles. The molecule has 1 aliphatic heterocycles. The molecule has 4 nitrogen and oxygen atoms in total. The van der Waals surface area contributed by atoms with Crippen LogP contribution in [0.25, 0.3) is 0 Å². The second-order valence-electron chi connectivity index (χ2n) is 3.71. The molecule has 90 valence electrons. The number of halogens is 1. The van der Waals surface area contributed by atoms with E-state index < -0.39 is 0 Å². The van der Waals surface area contributed by atoms with Gasteiger partial charge in [-0.15, -0.1) is 11.3 Å². The number of hydrogen-bond acceptors (Lipinski definition) is 4. The van der Waals surface area contributed by atoms with E-state index in [2.05, 4.69) is 17.4 Å². The number of thiophene rings is 1. The van der Waals surface area contributed by atoms with E-state index in [0.29, 0.717) is 0 Å². The Morgan fingerprint density at radius 3 is 2.62 bits per heavy atom. The van der Waals surface area contributed by atoms with E-state index in [1.165, 1.54) is 11.3 Å². The van der Waals surface area contributed by atoms with Crippen LogP contribution in [-0.4, -0.2) is 49.0 Å². The van der Waals surface area contributed by atoms with Crippen molar-refractivity contribution in [2.24, 2.45) is 0 Å². The van der Waals surface area contributed by atoms with Gasteiger partial charge in [-0.3, -0.25) is 10.2 Å². The zero-order valence-electron chi connectivity index (χ0n) is 9.15. The molecule has 6 heteroatoms. The number of piperazine rings is 1. The largest absolute Gasteiger partial charge is 1.00 e. The van der Waals surface area contributed by atoms with Crippen LogP contribution >= 0.6 is 11.3 Å². The highest BCUT2D eigenvalue weighted by Crippen LogP contribution is 2.08. The third-order valence-electron chi connectivity index (χ3n) is 2.51. The second-order valence-corrected chi connectivity index (χ2v) is 4.66. The first-order chi connectivity index (χ1) is 7.25. The predicted octanol–water partition coefficient (Wildman–Crippen LogP) is -2.36. The Hall–Kier alpha value is -0.620. The van der Waals surface area contributed by atoms with Gasteiger partial charge in [0.1, 0.15) is 0 Å². The van der Waals surface area contributed by atoms with E-state index in [1.807, 2.05) is 22.5 Å². The van der Waals surface area contributed by atoms with Crippen molar-refractivity contribution in [1.82, 2.24) is 15.3 Å². The lowest BCUT2D eigenvalue weighted by molar-refractivity contribution is -0.0000131. The minimum atomic E-state index is 0. The van der Waals surface area contributed by atoms with E-state index in [1.54, 1.807) is 0 Å². The smallest absolute Gasteiger partial charge is 0.275 e. The third-order valence-corrected chi connectivity index (χ3v) is 3.38. The fraction of sp³-hybridized carbons (Fsp3) is 0.500. The Kier molecular flexibility index (Phi) is 5.21. The second kappa shape index (κ2) is 6.20. The molecule has 0 spiro atoms. The number of nitrogens with one attached hydrogen (secondary N) is 1. The average molecular weight is 261 g/mol. The maximum absolute atomic E-state index is 11.7. The highest BCUT2D eigenvalue weighted by molar-refractivity contribution is 7.12. The highest BCUT2D eigenvalue weighted by Gasteiger charge is 2.16. The quantitative estimate of drug-likeness (QED) is 0.647. The van der Waals surface area contributed by atoms with Gasteiger partial charge in [0.15, 0.2) is 0 Å². The van der Waals surface area contributed by atoms with Crippen LogP contribution in [0.2, 0.25) is 0 Å². The van der Waals surface area contributed by atoms with Gasteiger partial charge in [0.05, 0.1) is 4.88 Å². The van der Waals surface area contributed by atoms with Gasteiger partial charge in [-0.25, -0.2) is 5.01 Å². The van der Waals surface area contributed by atoms with Crippen molar-refractivity contribution < 1.29 is 17.2 Å². The fourth-order valence-electron chi connectivity index (χ4n) is 1.52. The number of likely N-dealkylation sites (N-methyl/N-ethyl adjacent to an activating group) is 1. The molecule has 0 bridgehead atoms. The molecule has 2 heterocycles. The van der Waals surface area contributed by atoms with Crippen molar-refractivity contribution in [3.63, 3.8) is 0 Å². The Labute approximate surface area is 106 Å². The van der Waals surface area contributed by atoms with Crippen LogP contribution in [0.3, 0.4) is 0 Å². The molecule has 0 atom stereocenters. The summed E-state index contributed by atoms with van der Waals surface area (Å²) in [7, 11) is 2.10. The summed E-state index contributed by atoms with van der Waals surface area (Å²) in [6.45, 7) is 3.80. The minimum Gasteiger partial charge on any atom is -1.00 e. The van der Waals surface area contributed by atoms with E-state index in [-0.39, 0.29) is 18.3 Å². The van der Waals surface area contributed by atoms with Crippen LogP contribution in [0.4, 0.5) is 0 Å². The minimum absolute atomic E-state index is 0. The molecule has 1 fully saturated rings. The molecule has 0 aliphatic carbocycles. The van der Waals surface area contributed by atoms with E-state index >= 15 is 0 Å². The number of carbonyl (C=O) groups excluding carboxylic acids is 1. The van der Waals surface area contributed by atoms with Gasteiger partial charge in [-0.2, -0.15) is 0 Å². The van der Waals surface area contributed by atoms with Gasteiger partial charge in [-0.1, -0.05) is 6.07 Å². The van der Waals surface area contributed by atoms with Crippen LogP contribution in [-0.2, 0) is 0 Å². The van der Waals surface area contributed by atoms with Crippen molar-refractivity contribution in [3.05, 3.63) is 22.4 Å². The van der Waals surface area contributed by atoms with Gasteiger partial charge >= 0.3 is 0 Å². The highest BCUT2D eigenvalue weighted by atomic mass is 35.5. The summed E-state index contributed by atoms with van der Waals surface area (Å²) in [5.74, 6) is 0.00885. The van der Waals surface area contributed by atoms with Gasteiger partial charge < -0.3 is 17.3 Å². The third kappa shape index (κ3) is 3.45. The average Bonchev–Trinajstić information content (AvgIpc) is 2.74. The summed E-state index contributed by atoms with van der Waals surface area (Å²) < 4.78 is 0. The Morgan fingerprint density at radius 1 is 1.38 bits per heavy atom. The van der Waals surface area contributed by atoms with Crippen LogP contribution in [0, 0.1) is 0 Å². The number of rotatable bonds is 2. The zero-order valence-corrected chi connectivity index (χ0v) is 10.7. The molecule has 0 radical (unpaired) electrons. The van der Waals surface area contributed by atoms with E-state index in [0.717, 1.165) is 31.1 Å². The molecule has 1 amide bonds. The van der Waals surface area contributed by atoms with Gasteiger partial charge in [0.25, 0.3) is 5.91 Å². The van der Waals surface area contributed by atoms with Gasteiger partial charge in [0, 0.05) is 26.2 Å². The van der Waals surface area contributed by atoms with E-state index in [4.69, 9.17) is 0 Å². The summed E-state index contributed by atoms with van der Waals surface area (Å²) >= 11 is 1.47. The first kappa shape index (κ1) is 13.4. The maximum atomic E-state index is 11.7. The monoisotopic (exact) mass is 260 g/mol. The topological polar surface area (TPSA) is 35.6 Å². The summed E-state index contributed by atoms with van der Waals surface area (Å²) in [6.07, 6.45) is 0. The molecule has 0 unspecified atom stereocenters. The first-order valence-corrected chi connectivity index (χ1v) is 5.91. The standard InChI is InChI=1S/C10H15N3OS.ClH/c1-12-4-6-13(7-5-12)11-10(14)9-3-2-8-15-9;/h2-3,8H,4-7H2,1H3,(H,11,14);1H/p-1. The molecule has 0 saturated carbocycles. The number of hydrogen-bond donors (Lipinski definition) is 1. The van der Waals surface area contributed by atoms with Crippen molar-refractivity contribution in [3.8, 4) is 0 Å². The summed E-state index contributed by atoms with van der Waals surface area (Å²) in [5, 5.41) is 3.90.